The predicted molar refractivity (Wildman–Crippen MR) is 97.7 cm³/mol. The molecule has 144 valence electrons. The van der Waals surface area contributed by atoms with E-state index in [1.54, 1.807) is 0 Å². The third-order valence-corrected chi connectivity index (χ3v) is 5.33. The molecule has 1 saturated carbocycles. The van der Waals surface area contributed by atoms with Crippen molar-refractivity contribution in [1.82, 2.24) is 4.90 Å². The molecule has 0 radical (unpaired) electrons. The number of carbonyl (C=O) groups is 4. The molecular weight excluding hydrogens is 348 g/mol. The van der Waals surface area contributed by atoms with Crippen LogP contribution >= 0.6 is 0 Å². The number of carbonyl (C=O) groups excluding carboxylic acids is 4. The second kappa shape index (κ2) is 7.90. The SMILES string of the molecule is Cc1cccc(C)c1NC(=O)COC(=O)CN1C(=O)[C@@H]2CCCC[C@H]2C1=O. The van der Waals surface area contributed by atoms with Gasteiger partial charge < -0.3 is 10.1 Å². The largest absolute Gasteiger partial charge is 0.454 e. The maximum absolute atomic E-state index is 12.4. The quantitative estimate of drug-likeness (QED) is 0.630. The summed E-state index contributed by atoms with van der Waals surface area (Å²) in [5.41, 5.74) is 2.50. The number of ether oxygens (including phenoxy) is 1. The number of nitrogens with one attached hydrogen (secondary N) is 1. The van der Waals surface area contributed by atoms with Crippen molar-refractivity contribution in [3.8, 4) is 0 Å². The van der Waals surface area contributed by atoms with Crippen LogP contribution in [0, 0.1) is 25.7 Å². The van der Waals surface area contributed by atoms with Crippen molar-refractivity contribution in [2.75, 3.05) is 18.5 Å². The molecule has 1 aliphatic heterocycles. The zero-order chi connectivity index (χ0) is 19.6. The van der Waals surface area contributed by atoms with Crippen LogP contribution in [0.25, 0.3) is 0 Å². The van der Waals surface area contributed by atoms with Gasteiger partial charge in [0.1, 0.15) is 6.54 Å². The van der Waals surface area contributed by atoms with E-state index in [4.69, 9.17) is 4.74 Å². The zero-order valence-electron chi connectivity index (χ0n) is 15.6. The normalized spacial score (nSPS) is 21.8. The van der Waals surface area contributed by atoms with E-state index in [0.717, 1.165) is 28.9 Å². The Morgan fingerprint density at radius 1 is 1.07 bits per heavy atom. The Labute approximate surface area is 158 Å². The van der Waals surface area contributed by atoms with Gasteiger partial charge in [-0.05, 0) is 37.8 Å². The molecule has 7 nitrogen and oxygen atoms in total. The minimum absolute atomic E-state index is 0.290. The average Bonchev–Trinajstić information content (AvgIpc) is 2.88. The number of fused-ring (bicyclic) bond motifs is 1. The highest BCUT2D eigenvalue weighted by Gasteiger charge is 2.48. The molecule has 1 aliphatic carbocycles. The number of aryl methyl sites for hydroxylation is 2. The van der Waals surface area contributed by atoms with E-state index in [-0.39, 0.29) is 23.7 Å². The van der Waals surface area contributed by atoms with Crippen molar-refractivity contribution in [2.45, 2.75) is 39.5 Å². The number of hydrogen-bond donors (Lipinski definition) is 1. The first-order valence-electron chi connectivity index (χ1n) is 9.25. The van der Waals surface area contributed by atoms with Gasteiger partial charge in [0.05, 0.1) is 11.8 Å². The molecule has 1 aromatic rings. The lowest BCUT2D eigenvalue weighted by Gasteiger charge is -2.19. The van der Waals surface area contributed by atoms with E-state index in [2.05, 4.69) is 5.32 Å². The van der Waals surface area contributed by atoms with Gasteiger partial charge in [-0.25, -0.2) is 0 Å². The van der Waals surface area contributed by atoms with Crippen LogP contribution in [-0.2, 0) is 23.9 Å². The summed E-state index contributed by atoms with van der Waals surface area (Å²) in [6.45, 7) is 2.86. The molecule has 0 bridgehead atoms. The van der Waals surface area contributed by atoms with E-state index >= 15 is 0 Å². The highest BCUT2D eigenvalue weighted by molar-refractivity contribution is 6.07. The molecule has 1 N–H and O–H groups in total. The molecule has 1 saturated heterocycles. The summed E-state index contributed by atoms with van der Waals surface area (Å²) in [5.74, 6) is -2.40. The molecule has 2 fully saturated rings. The fourth-order valence-corrected chi connectivity index (χ4v) is 3.89. The number of anilines is 1. The first kappa shape index (κ1) is 19.1. The van der Waals surface area contributed by atoms with Gasteiger partial charge in [0.15, 0.2) is 6.61 Å². The highest BCUT2D eigenvalue weighted by Crippen LogP contribution is 2.37. The fourth-order valence-electron chi connectivity index (χ4n) is 3.89. The number of rotatable bonds is 5. The van der Waals surface area contributed by atoms with Crippen molar-refractivity contribution in [2.24, 2.45) is 11.8 Å². The lowest BCUT2D eigenvalue weighted by Crippen LogP contribution is -2.37. The van der Waals surface area contributed by atoms with Gasteiger partial charge in [0.2, 0.25) is 11.8 Å². The Balaban J connectivity index is 1.52. The number of likely N-dealkylation sites (tertiary alicyclic amines) is 1. The third kappa shape index (κ3) is 4.02. The van der Waals surface area contributed by atoms with Crippen LogP contribution in [0.5, 0.6) is 0 Å². The summed E-state index contributed by atoms with van der Waals surface area (Å²) in [6, 6.07) is 5.64. The van der Waals surface area contributed by atoms with Gasteiger partial charge in [-0.1, -0.05) is 31.0 Å². The lowest BCUT2D eigenvalue weighted by molar-refractivity contribution is -0.154. The van der Waals surface area contributed by atoms with Crippen LogP contribution in [0.15, 0.2) is 18.2 Å². The Morgan fingerprint density at radius 3 is 2.19 bits per heavy atom. The standard InChI is InChI=1S/C20H24N2O5/c1-12-6-5-7-13(2)18(12)21-16(23)11-27-17(24)10-22-19(25)14-8-3-4-9-15(14)20(22)26/h5-7,14-15H,3-4,8-11H2,1-2H3,(H,21,23)/t14-,15-/m1/s1. The van der Waals surface area contributed by atoms with Gasteiger partial charge in [0, 0.05) is 5.69 Å². The first-order valence-corrected chi connectivity index (χ1v) is 9.25. The molecule has 1 heterocycles. The highest BCUT2D eigenvalue weighted by atomic mass is 16.5. The number of amides is 3. The lowest BCUT2D eigenvalue weighted by atomic mass is 9.81. The monoisotopic (exact) mass is 372 g/mol. The van der Waals surface area contributed by atoms with Crippen LogP contribution in [0.3, 0.4) is 0 Å². The van der Waals surface area contributed by atoms with Crippen molar-refractivity contribution >= 4 is 29.4 Å². The van der Waals surface area contributed by atoms with Gasteiger partial charge in [0.25, 0.3) is 5.91 Å². The minimum atomic E-state index is -0.757. The molecule has 3 rings (SSSR count). The van der Waals surface area contributed by atoms with Crippen LogP contribution < -0.4 is 5.32 Å². The number of benzene rings is 1. The summed E-state index contributed by atoms with van der Waals surface area (Å²) in [4.78, 5) is 49.8. The number of nitrogens with zero attached hydrogens (tertiary/aromatic N) is 1. The summed E-state index contributed by atoms with van der Waals surface area (Å²) in [5, 5.41) is 2.72. The molecule has 3 amide bonds. The maximum Gasteiger partial charge on any atom is 0.326 e. The van der Waals surface area contributed by atoms with Crippen LogP contribution in [0.4, 0.5) is 5.69 Å². The Morgan fingerprint density at radius 2 is 1.63 bits per heavy atom. The zero-order valence-corrected chi connectivity index (χ0v) is 15.6. The third-order valence-electron chi connectivity index (χ3n) is 5.33. The van der Waals surface area contributed by atoms with Gasteiger partial charge >= 0.3 is 5.97 Å². The summed E-state index contributed by atoms with van der Waals surface area (Å²) < 4.78 is 4.97. The molecule has 27 heavy (non-hydrogen) atoms. The van der Waals surface area contributed by atoms with Crippen molar-refractivity contribution in [3.05, 3.63) is 29.3 Å². The predicted octanol–water partition coefficient (Wildman–Crippen LogP) is 1.96. The first-order chi connectivity index (χ1) is 12.9. The number of hydrogen-bond acceptors (Lipinski definition) is 5. The topological polar surface area (TPSA) is 92.8 Å². The second-order valence-corrected chi connectivity index (χ2v) is 7.24. The summed E-state index contributed by atoms with van der Waals surface area (Å²) in [6.07, 6.45) is 3.24. The smallest absolute Gasteiger partial charge is 0.326 e. The van der Waals surface area contributed by atoms with Crippen LogP contribution in [0.1, 0.15) is 36.8 Å². The van der Waals surface area contributed by atoms with E-state index in [0.29, 0.717) is 18.5 Å². The summed E-state index contributed by atoms with van der Waals surface area (Å²) >= 11 is 0. The molecule has 7 heteroatoms. The summed E-state index contributed by atoms with van der Waals surface area (Å²) in [7, 11) is 0. The average molecular weight is 372 g/mol. The fraction of sp³-hybridized carbons (Fsp3) is 0.500. The number of imide groups is 1. The van der Waals surface area contributed by atoms with Gasteiger partial charge in [-0.2, -0.15) is 0 Å². The van der Waals surface area contributed by atoms with E-state index in [1.807, 2.05) is 32.0 Å². The molecule has 2 atom stereocenters. The Hall–Kier alpha value is -2.70. The molecule has 1 aromatic carbocycles. The van der Waals surface area contributed by atoms with Crippen molar-refractivity contribution in [3.63, 3.8) is 0 Å². The van der Waals surface area contributed by atoms with E-state index in [9.17, 15) is 19.2 Å². The molecule has 0 spiro atoms. The van der Waals surface area contributed by atoms with Crippen LogP contribution in [0.2, 0.25) is 0 Å². The Bertz CT molecular complexity index is 744. The number of esters is 1. The Kier molecular flexibility index (Phi) is 5.58. The second-order valence-electron chi connectivity index (χ2n) is 7.24. The van der Waals surface area contributed by atoms with Crippen molar-refractivity contribution < 1.29 is 23.9 Å². The van der Waals surface area contributed by atoms with Crippen LogP contribution in [-0.4, -0.2) is 41.7 Å². The van der Waals surface area contributed by atoms with Crippen molar-refractivity contribution in [1.29, 1.82) is 0 Å². The van der Waals surface area contributed by atoms with Gasteiger partial charge in [-0.15, -0.1) is 0 Å². The molecule has 0 unspecified atom stereocenters. The van der Waals surface area contributed by atoms with E-state index < -0.39 is 25.0 Å². The maximum atomic E-state index is 12.4. The molecule has 0 aromatic heterocycles. The minimum Gasteiger partial charge on any atom is -0.454 e. The molecule has 2 aliphatic rings. The van der Waals surface area contributed by atoms with Gasteiger partial charge in [-0.3, -0.25) is 24.1 Å². The van der Waals surface area contributed by atoms with E-state index in [1.165, 1.54) is 0 Å². The number of para-hydroxylation sites is 1. The molecular formula is C20H24N2O5.